The molecule has 0 fully saturated rings. The molecule has 1 atom stereocenters. The van der Waals surface area contributed by atoms with Crippen LogP contribution >= 0.6 is 23.2 Å². The predicted octanol–water partition coefficient (Wildman–Crippen LogP) is 3.59. The Labute approximate surface area is 88.6 Å². The summed E-state index contributed by atoms with van der Waals surface area (Å²) >= 11 is 11.4. The van der Waals surface area contributed by atoms with Crippen LogP contribution in [-0.4, -0.2) is 12.5 Å². The Balaban J connectivity index is 2.41. The molecule has 0 aliphatic carbocycles. The number of benzene rings is 1. The Morgan fingerprint density at radius 3 is 2.46 bits per heavy atom. The first-order valence-electron chi connectivity index (χ1n) is 4.16. The normalized spacial score (nSPS) is 12.5. The highest BCUT2D eigenvalue weighted by Gasteiger charge is 2.00. The topological polar surface area (TPSA) is 9.23 Å². The maximum atomic E-state index is 5.72. The molecule has 0 N–H and O–H groups in total. The Bertz CT molecular complexity index is 246. The molecule has 0 bridgehead atoms. The first-order chi connectivity index (χ1) is 6.22. The van der Waals surface area contributed by atoms with Gasteiger partial charge in [0.2, 0.25) is 0 Å². The quantitative estimate of drug-likeness (QED) is 0.703. The molecular formula is C10H12Cl2O. The maximum absolute atomic E-state index is 5.72. The fourth-order valence-electron chi connectivity index (χ4n) is 0.814. The third kappa shape index (κ3) is 3.88. The molecular weight excluding hydrogens is 207 g/mol. The molecule has 0 radical (unpaired) electrons. The number of alkyl halides is 1. The van der Waals surface area contributed by atoms with E-state index in [0.29, 0.717) is 18.4 Å². The molecule has 0 aromatic heterocycles. The van der Waals surface area contributed by atoms with Gasteiger partial charge in [0.15, 0.2) is 0 Å². The molecule has 0 saturated heterocycles. The molecule has 3 heteroatoms. The van der Waals surface area contributed by atoms with Crippen molar-refractivity contribution < 1.29 is 4.74 Å². The van der Waals surface area contributed by atoms with E-state index in [1.807, 2.05) is 31.2 Å². The van der Waals surface area contributed by atoms with Crippen LogP contribution in [0.5, 0.6) is 5.75 Å². The van der Waals surface area contributed by atoms with E-state index in [0.717, 1.165) is 10.8 Å². The third-order valence-corrected chi connectivity index (χ3v) is 2.39. The molecule has 0 amide bonds. The van der Waals surface area contributed by atoms with E-state index in [1.54, 1.807) is 0 Å². The summed E-state index contributed by atoms with van der Waals surface area (Å²) in [7, 11) is 0. The highest BCUT2D eigenvalue weighted by molar-refractivity contribution is 6.30. The molecule has 0 aliphatic heterocycles. The van der Waals surface area contributed by atoms with E-state index in [1.165, 1.54) is 0 Å². The lowest BCUT2D eigenvalue weighted by atomic mass is 10.2. The van der Waals surface area contributed by atoms with E-state index in [-0.39, 0.29) is 0 Å². The summed E-state index contributed by atoms with van der Waals surface area (Å²) in [6.45, 7) is 2.69. The van der Waals surface area contributed by atoms with E-state index < -0.39 is 0 Å². The average molecular weight is 219 g/mol. The monoisotopic (exact) mass is 218 g/mol. The van der Waals surface area contributed by atoms with Crippen molar-refractivity contribution in [1.29, 1.82) is 0 Å². The van der Waals surface area contributed by atoms with Crippen LogP contribution < -0.4 is 4.74 Å². The summed E-state index contributed by atoms with van der Waals surface area (Å²) in [5.41, 5.74) is 0. The fraction of sp³-hybridized carbons (Fsp3) is 0.400. The molecule has 1 aromatic rings. The second-order valence-electron chi connectivity index (χ2n) is 3.02. The van der Waals surface area contributed by atoms with Gasteiger partial charge in [0, 0.05) is 16.8 Å². The summed E-state index contributed by atoms with van der Waals surface area (Å²) in [4.78, 5) is 0. The van der Waals surface area contributed by atoms with Gasteiger partial charge in [0.1, 0.15) is 5.75 Å². The number of halogens is 2. The van der Waals surface area contributed by atoms with Crippen molar-refractivity contribution in [1.82, 2.24) is 0 Å². The zero-order valence-corrected chi connectivity index (χ0v) is 8.98. The van der Waals surface area contributed by atoms with E-state index >= 15 is 0 Å². The van der Waals surface area contributed by atoms with Crippen LogP contribution in [0.3, 0.4) is 0 Å². The van der Waals surface area contributed by atoms with Gasteiger partial charge in [-0.25, -0.2) is 0 Å². The molecule has 0 spiro atoms. The van der Waals surface area contributed by atoms with E-state index in [4.69, 9.17) is 27.9 Å². The summed E-state index contributed by atoms with van der Waals surface area (Å²) in [6, 6.07) is 7.32. The van der Waals surface area contributed by atoms with Crippen LogP contribution in [-0.2, 0) is 0 Å². The van der Waals surface area contributed by atoms with Gasteiger partial charge in [-0.2, -0.15) is 0 Å². The molecule has 1 aromatic carbocycles. The Morgan fingerprint density at radius 1 is 1.31 bits per heavy atom. The molecule has 0 saturated carbocycles. The van der Waals surface area contributed by atoms with E-state index in [2.05, 4.69) is 0 Å². The third-order valence-electron chi connectivity index (χ3n) is 1.61. The first-order valence-corrected chi connectivity index (χ1v) is 5.08. The molecule has 1 nitrogen and oxygen atoms in total. The molecule has 13 heavy (non-hydrogen) atoms. The molecule has 72 valence electrons. The van der Waals surface area contributed by atoms with Crippen molar-refractivity contribution in [2.24, 2.45) is 5.92 Å². The second-order valence-corrected chi connectivity index (χ2v) is 3.77. The van der Waals surface area contributed by atoms with Gasteiger partial charge < -0.3 is 4.74 Å². The van der Waals surface area contributed by atoms with Crippen LogP contribution in [0.1, 0.15) is 6.92 Å². The van der Waals surface area contributed by atoms with Gasteiger partial charge in [-0.15, -0.1) is 11.6 Å². The van der Waals surface area contributed by atoms with Crippen LogP contribution in [0.25, 0.3) is 0 Å². The molecule has 0 aliphatic rings. The SMILES string of the molecule is C[C@H](CCl)COc1ccc(Cl)cc1. The van der Waals surface area contributed by atoms with Crippen molar-refractivity contribution in [2.45, 2.75) is 6.92 Å². The van der Waals surface area contributed by atoms with E-state index in [9.17, 15) is 0 Å². The van der Waals surface area contributed by atoms with Gasteiger partial charge in [0.25, 0.3) is 0 Å². The van der Waals surface area contributed by atoms with Crippen molar-refractivity contribution in [3.05, 3.63) is 29.3 Å². The van der Waals surface area contributed by atoms with Gasteiger partial charge in [-0.1, -0.05) is 18.5 Å². The first kappa shape index (κ1) is 10.7. The molecule has 0 heterocycles. The van der Waals surface area contributed by atoms with Crippen molar-refractivity contribution in [3.63, 3.8) is 0 Å². The van der Waals surface area contributed by atoms with Gasteiger partial charge in [0.05, 0.1) is 6.61 Å². The van der Waals surface area contributed by atoms with Gasteiger partial charge in [-0.3, -0.25) is 0 Å². The zero-order valence-electron chi connectivity index (χ0n) is 7.47. The maximum Gasteiger partial charge on any atom is 0.119 e. The minimum Gasteiger partial charge on any atom is -0.493 e. The van der Waals surface area contributed by atoms with Crippen molar-refractivity contribution >= 4 is 23.2 Å². The average Bonchev–Trinajstić information content (AvgIpc) is 2.16. The lowest BCUT2D eigenvalue weighted by Gasteiger charge is -2.09. The van der Waals surface area contributed by atoms with Crippen LogP contribution in [0.2, 0.25) is 5.02 Å². The van der Waals surface area contributed by atoms with Gasteiger partial charge >= 0.3 is 0 Å². The summed E-state index contributed by atoms with van der Waals surface area (Å²) in [5.74, 6) is 1.83. The number of ether oxygens (including phenoxy) is 1. The largest absolute Gasteiger partial charge is 0.493 e. The summed E-state index contributed by atoms with van der Waals surface area (Å²) < 4.78 is 5.47. The van der Waals surface area contributed by atoms with Crippen molar-refractivity contribution in [2.75, 3.05) is 12.5 Å². The summed E-state index contributed by atoms with van der Waals surface area (Å²) in [6.07, 6.45) is 0. The number of hydrogen-bond donors (Lipinski definition) is 0. The van der Waals surface area contributed by atoms with Crippen LogP contribution in [0.15, 0.2) is 24.3 Å². The Kier molecular flexibility index (Phi) is 4.40. The lowest BCUT2D eigenvalue weighted by Crippen LogP contribution is -2.09. The predicted molar refractivity (Wildman–Crippen MR) is 56.8 cm³/mol. The fourth-order valence-corrected chi connectivity index (χ4v) is 1.03. The standard InChI is InChI=1S/C10H12Cl2O/c1-8(6-11)7-13-10-4-2-9(12)3-5-10/h2-5,8H,6-7H2,1H3/t8-/m1/s1. The molecule has 0 unspecified atom stereocenters. The minimum atomic E-state index is 0.373. The lowest BCUT2D eigenvalue weighted by molar-refractivity contribution is 0.273. The Morgan fingerprint density at radius 2 is 1.92 bits per heavy atom. The van der Waals surface area contributed by atoms with Gasteiger partial charge in [-0.05, 0) is 24.3 Å². The summed E-state index contributed by atoms with van der Waals surface area (Å²) in [5, 5.41) is 0.720. The van der Waals surface area contributed by atoms with Crippen LogP contribution in [0, 0.1) is 5.92 Å². The molecule has 1 rings (SSSR count). The smallest absolute Gasteiger partial charge is 0.119 e. The highest BCUT2D eigenvalue weighted by atomic mass is 35.5. The number of rotatable bonds is 4. The zero-order chi connectivity index (χ0) is 9.68. The minimum absolute atomic E-state index is 0.373. The Hall–Kier alpha value is -0.400. The second kappa shape index (κ2) is 5.36. The number of hydrogen-bond acceptors (Lipinski definition) is 1. The van der Waals surface area contributed by atoms with Crippen LogP contribution in [0.4, 0.5) is 0 Å². The van der Waals surface area contributed by atoms with Crippen molar-refractivity contribution in [3.8, 4) is 5.75 Å². The highest BCUT2D eigenvalue weighted by Crippen LogP contribution is 2.16.